The number of halogens is 1. The number of amides is 1. The molecule has 1 heterocycles. The van der Waals surface area contributed by atoms with E-state index in [-0.39, 0.29) is 40.4 Å². The summed E-state index contributed by atoms with van der Waals surface area (Å²) in [5, 5.41) is 3.03. The number of ether oxygens (including phenoxy) is 1. The lowest BCUT2D eigenvalue weighted by Gasteiger charge is -2.26. The SMILES string of the molecule is O=C(NCCC(c1ccccc1)c1ccccc1)c1ccc(Cl)c(S(=O)(=O)N2CCOCC2)c1. The number of hydrogen-bond donors (Lipinski definition) is 1. The number of nitrogens with one attached hydrogen (secondary N) is 1. The third-order valence-corrected chi connectivity index (χ3v) is 8.28. The maximum atomic E-state index is 13.1. The minimum atomic E-state index is -3.81. The summed E-state index contributed by atoms with van der Waals surface area (Å²) >= 11 is 6.22. The van der Waals surface area contributed by atoms with E-state index in [2.05, 4.69) is 29.6 Å². The van der Waals surface area contributed by atoms with Crippen molar-refractivity contribution in [3.63, 3.8) is 0 Å². The molecule has 1 amide bonds. The Balaban J connectivity index is 1.47. The standard InChI is InChI=1S/C26H27ClN2O4S/c27-24-12-11-22(19-25(24)34(31,32)29-15-17-33-18-16-29)26(30)28-14-13-23(20-7-3-1-4-8-20)21-9-5-2-6-10-21/h1-12,19,23H,13-18H2,(H,28,30). The molecule has 1 fully saturated rings. The highest BCUT2D eigenvalue weighted by Crippen LogP contribution is 2.28. The van der Waals surface area contributed by atoms with E-state index >= 15 is 0 Å². The highest BCUT2D eigenvalue weighted by atomic mass is 35.5. The molecular formula is C26H27ClN2O4S. The van der Waals surface area contributed by atoms with Gasteiger partial charge in [0, 0.05) is 31.1 Å². The number of rotatable bonds is 8. The third kappa shape index (κ3) is 5.67. The molecule has 6 nitrogen and oxygen atoms in total. The van der Waals surface area contributed by atoms with Crippen LogP contribution >= 0.6 is 11.6 Å². The molecule has 178 valence electrons. The summed E-state index contributed by atoms with van der Waals surface area (Å²) in [5.74, 6) is -0.208. The first kappa shape index (κ1) is 24.4. The van der Waals surface area contributed by atoms with Crippen molar-refractivity contribution in [2.24, 2.45) is 0 Å². The third-order valence-electron chi connectivity index (χ3n) is 5.90. The Kier molecular flexibility index (Phi) is 8.00. The van der Waals surface area contributed by atoms with Gasteiger partial charge in [-0.05, 0) is 35.7 Å². The molecule has 3 aromatic rings. The van der Waals surface area contributed by atoms with Gasteiger partial charge in [0.05, 0.1) is 18.2 Å². The summed E-state index contributed by atoms with van der Waals surface area (Å²) in [4.78, 5) is 12.8. The van der Waals surface area contributed by atoms with Crippen molar-refractivity contribution in [1.29, 1.82) is 0 Å². The fourth-order valence-electron chi connectivity index (χ4n) is 4.10. The summed E-state index contributed by atoms with van der Waals surface area (Å²) in [5.41, 5.74) is 2.61. The molecule has 1 aliphatic heterocycles. The molecule has 0 atom stereocenters. The molecule has 0 unspecified atom stereocenters. The normalized spacial score (nSPS) is 14.8. The summed E-state index contributed by atoms with van der Waals surface area (Å²) in [6, 6.07) is 24.7. The molecule has 0 radical (unpaired) electrons. The number of sulfonamides is 1. The van der Waals surface area contributed by atoms with E-state index in [4.69, 9.17) is 16.3 Å². The Morgan fingerprint density at radius 2 is 1.53 bits per heavy atom. The largest absolute Gasteiger partial charge is 0.379 e. The Hall–Kier alpha value is -2.71. The molecule has 0 saturated carbocycles. The quantitative estimate of drug-likeness (QED) is 0.502. The van der Waals surface area contributed by atoms with Crippen LogP contribution in [-0.2, 0) is 14.8 Å². The van der Waals surface area contributed by atoms with E-state index in [1.54, 1.807) is 6.07 Å². The summed E-state index contributed by atoms with van der Waals surface area (Å²) in [6.45, 7) is 1.62. The Morgan fingerprint density at radius 3 is 2.12 bits per heavy atom. The van der Waals surface area contributed by atoms with Gasteiger partial charge in [-0.1, -0.05) is 72.3 Å². The van der Waals surface area contributed by atoms with Crippen molar-refractivity contribution in [2.75, 3.05) is 32.8 Å². The van der Waals surface area contributed by atoms with Crippen molar-refractivity contribution < 1.29 is 17.9 Å². The Morgan fingerprint density at radius 1 is 0.941 bits per heavy atom. The van der Waals surface area contributed by atoms with Gasteiger partial charge in [-0.2, -0.15) is 4.31 Å². The van der Waals surface area contributed by atoms with Crippen LogP contribution in [0.25, 0.3) is 0 Å². The van der Waals surface area contributed by atoms with Crippen molar-refractivity contribution in [2.45, 2.75) is 17.2 Å². The first-order valence-electron chi connectivity index (χ1n) is 11.2. The average Bonchev–Trinajstić information content (AvgIpc) is 2.88. The molecule has 34 heavy (non-hydrogen) atoms. The van der Waals surface area contributed by atoms with Crippen molar-refractivity contribution in [3.8, 4) is 0 Å². The predicted octanol–water partition coefficient (Wildman–Crippen LogP) is 4.31. The van der Waals surface area contributed by atoms with E-state index in [0.29, 0.717) is 26.2 Å². The van der Waals surface area contributed by atoms with Gasteiger partial charge < -0.3 is 10.1 Å². The number of carbonyl (C=O) groups is 1. The highest BCUT2D eigenvalue weighted by Gasteiger charge is 2.29. The molecule has 0 bridgehead atoms. The maximum Gasteiger partial charge on any atom is 0.251 e. The first-order chi connectivity index (χ1) is 16.5. The van der Waals surface area contributed by atoms with E-state index in [0.717, 1.165) is 0 Å². The number of carbonyl (C=O) groups excluding carboxylic acids is 1. The van der Waals surface area contributed by atoms with Gasteiger partial charge in [0.1, 0.15) is 4.90 Å². The molecule has 1 saturated heterocycles. The van der Waals surface area contributed by atoms with Gasteiger partial charge >= 0.3 is 0 Å². The van der Waals surface area contributed by atoms with Crippen LogP contribution in [0.15, 0.2) is 83.8 Å². The molecule has 1 aliphatic rings. The fraction of sp³-hybridized carbons (Fsp3) is 0.269. The summed E-state index contributed by atoms with van der Waals surface area (Å²) in [7, 11) is -3.81. The van der Waals surface area contributed by atoms with Gasteiger partial charge in [-0.3, -0.25) is 4.79 Å². The van der Waals surface area contributed by atoms with Gasteiger partial charge in [-0.25, -0.2) is 8.42 Å². The lowest BCUT2D eigenvalue weighted by Crippen LogP contribution is -2.40. The molecule has 0 aliphatic carbocycles. The van der Waals surface area contributed by atoms with Gasteiger partial charge in [0.2, 0.25) is 10.0 Å². The second-order valence-corrected chi connectivity index (χ2v) is 10.4. The number of nitrogens with zero attached hydrogens (tertiary/aromatic N) is 1. The smallest absolute Gasteiger partial charge is 0.251 e. The zero-order valence-corrected chi connectivity index (χ0v) is 20.3. The maximum absolute atomic E-state index is 13.1. The molecule has 0 spiro atoms. The highest BCUT2D eigenvalue weighted by molar-refractivity contribution is 7.89. The Labute approximate surface area is 205 Å². The second-order valence-electron chi connectivity index (χ2n) is 8.08. The van der Waals surface area contributed by atoms with Crippen LogP contribution in [-0.4, -0.2) is 51.5 Å². The average molecular weight is 499 g/mol. The molecular weight excluding hydrogens is 472 g/mol. The van der Waals surface area contributed by atoms with Crippen LogP contribution in [0, 0.1) is 0 Å². The van der Waals surface area contributed by atoms with E-state index < -0.39 is 10.0 Å². The van der Waals surface area contributed by atoms with E-state index in [1.165, 1.54) is 27.6 Å². The van der Waals surface area contributed by atoms with Gasteiger partial charge in [0.15, 0.2) is 0 Å². The van der Waals surface area contributed by atoms with Crippen molar-refractivity contribution in [3.05, 3.63) is 101 Å². The molecule has 3 aromatic carbocycles. The molecule has 0 aromatic heterocycles. The number of morpholine rings is 1. The monoisotopic (exact) mass is 498 g/mol. The van der Waals surface area contributed by atoms with Crippen LogP contribution < -0.4 is 5.32 Å². The van der Waals surface area contributed by atoms with Crippen LogP contribution in [0.4, 0.5) is 0 Å². The Bertz CT molecular complexity index is 1170. The van der Waals surface area contributed by atoms with Gasteiger partial charge in [0.25, 0.3) is 5.91 Å². The molecule has 8 heteroatoms. The van der Waals surface area contributed by atoms with Crippen molar-refractivity contribution >= 4 is 27.5 Å². The second kappa shape index (κ2) is 11.1. The van der Waals surface area contributed by atoms with E-state index in [1.807, 2.05) is 36.4 Å². The predicted molar refractivity (Wildman–Crippen MR) is 133 cm³/mol. The zero-order chi connectivity index (χ0) is 24.0. The van der Waals surface area contributed by atoms with E-state index in [9.17, 15) is 13.2 Å². The minimum absolute atomic E-state index is 0.0600. The van der Waals surface area contributed by atoms with Crippen LogP contribution in [0.5, 0.6) is 0 Å². The molecule has 4 rings (SSSR count). The zero-order valence-electron chi connectivity index (χ0n) is 18.7. The topological polar surface area (TPSA) is 75.7 Å². The molecule has 1 N–H and O–H groups in total. The van der Waals surface area contributed by atoms with Crippen LogP contribution in [0.3, 0.4) is 0 Å². The fourth-order valence-corrected chi connectivity index (χ4v) is 6.01. The number of benzene rings is 3. The lowest BCUT2D eigenvalue weighted by molar-refractivity contribution is 0.0730. The minimum Gasteiger partial charge on any atom is -0.379 e. The van der Waals surface area contributed by atoms with Gasteiger partial charge in [-0.15, -0.1) is 0 Å². The van der Waals surface area contributed by atoms with Crippen molar-refractivity contribution in [1.82, 2.24) is 9.62 Å². The van der Waals surface area contributed by atoms with Crippen LogP contribution in [0.2, 0.25) is 5.02 Å². The number of hydrogen-bond acceptors (Lipinski definition) is 4. The summed E-state index contributed by atoms with van der Waals surface area (Å²) in [6.07, 6.45) is 0.701. The summed E-state index contributed by atoms with van der Waals surface area (Å²) < 4.78 is 32.7. The van der Waals surface area contributed by atoms with Crippen LogP contribution in [0.1, 0.15) is 33.8 Å². The lowest BCUT2D eigenvalue weighted by atomic mass is 9.88. The first-order valence-corrected chi connectivity index (χ1v) is 13.0.